The minimum atomic E-state index is -1.26. The van der Waals surface area contributed by atoms with Gasteiger partial charge in [0.05, 0.1) is 5.60 Å². The SMILES string of the molecule is CC(O)(CCN)c1cc(Cl)ccc1F. The van der Waals surface area contributed by atoms with Crippen LogP contribution in [0.15, 0.2) is 18.2 Å². The number of aliphatic hydroxyl groups is 1. The Labute approximate surface area is 87.5 Å². The van der Waals surface area contributed by atoms with E-state index in [0.29, 0.717) is 18.0 Å². The first-order chi connectivity index (χ1) is 6.47. The number of hydrogen-bond donors (Lipinski definition) is 2. The quantitative estimate of drug-likeness (QED) is 0.814. The number of rotatable bonds is 3. The first kappa shape index (κ1) is 11.4. The molecule has 0 amide bonds. The first-order valence-corrected chi connectivity index (χ1v) is 4.73. The van der Waals surface area contributed by atoms with Gasteiger partial charge in [0.2, 0.25) is 0 Å². The molecule has 1 aromatic carbocycles. The summed E-state index contributed by atoms with van der Waals surface area (Å²) in [4.78, 5) is 0. The van der Waals surface area contributed by atoms with Gasteiger partial charge < -0.3 is 10.8 Å². The maximum absolute atomic E-state index is 13.3. The van der Waals surface area contributed by atoms with Gasteiger partial charge in [0.25, 0.3) is 0 Å². The molecule has 2 nitrogen and oxygen atoms in total. The lowest BCUT2D eigenvalue weighted by atomic mass is 9.92. The predicted octanol–water partition coefficient (Wildman–Crippen LogP) is 2.04. The van der Waals surface area contributed by atoms with Crippen LogP contribution in [0.4, 0.5) is 4.39 Å². The number of nitrogens with two attached hydrogens (primary N) is 1. The number of hydrogen-bond acceptors (Lipinski definition) is 2. The Morgan fingerprint density at radius 3 is 2.79 bits per heavy atom. The number of halogens is 2. The zero-order chi connectivity index (χ0) is 10.8. The zero-order valence-corrected chi connectivity index (χ0v) is 8.68. The van der Waals surface area contributed by atoms with Crippen LogP contribution in [0.1, 0.15) is 18.9 Å². The number of benzene rings is 1. The first-order valence-electron chi connectivity index (χ1n) is 4.35. The highest BCUT2D eigenvalue weighted by atomic mass is 35.5. The predicted molar refractivity (Wildman–Crippen MR) is 54.7 cm³/mol. The van der Waals surface area contributed by atoms with E-state index in [-0.39, 0.29) is 5.56 Å². The fraction of sp³-hybridized carbons (Fsp3) is 0.400. The molecule has 14 heavy (non-hydrogen) atoms. The fourth-order valence-corrected chi connectivity index (χ4v) is 1.50. The van der Waals surface area contributed by atoms with Crippen LogP contribution in [0.25, 0.3) is 0 Å². The van der Waals surface area contributed by atoms with Gasteiger partial charge in [0, 0.05) is 10.6 Å². The summed E-state index contributed by atoms with van der Waals surface area (Å²) in [6.07, 6.45) is 0.296. The lowest BCUT2D eigenvalue weighted by Gasteiger charge is -2.23. The van der Waals surface area contributed by atoms with Crippen LogP contribution in [0.2, 0.25) is 5.02 Å². The normalized spacial score (nSPS) is 15.2. The van der Waals surface area contributed by atoms with Crippen molar-refractivity contribution in [1.29, 1.82) is 0 Å². The van der Waals surface area contributed by atoms with E-state index >= 15 is 0 Å². The van der Waals surface area contributed by atoms with Crippen LogP contribution >= 0.6 is 11.6 Å². The molecule has 0 aliphatic rings. The van der Waals surface area contributed by atoms with Gasteiger partial charge in [-0.05, 0) is 38.1 Å². The Kier molecular flexibility index (Phi) is 3.48. The Morgan fingerprint density at radius 2 is 2.21 bits per heavy atom. The maximum atomic E-state index is 13.3. The summed E-state index contributed by atoms with van der Waals surface area (Å²) in [7, 11) is 0. The second-order valence-corrected chi connectivity index (χ2v) is 3.87. The third-order valence-corrected chi connectivity index (χ3v) is 2.37. The molecule has 0 saturated heterocycles. The van der Waals surface area contributed by atoms with E-state index in [2.05, 4.69) is 0 Å². The third kappa shape index (κ3) is 2.44. The van der Waals surface area contributed by atoms with Gasteiger partial charge in [-0.3, -0.25) is 0 Å². The molecule has 1 aromatic rings. The van der Waals surface area contributed by atoms with Gasteiger partial charge in [-0.15, -0.1) is 0 Å². The molecule has 0 aliphatic heterocycles. The standard InChI is InChI=1S/C10H13ClFNO/c1-10(14,4-5-13)8-6-7(11)2-3-9(8)12/h2-3,6,14H,4-5,13H2,1H3. The summed E-state index contributed by atoms with van der Waals surface area (Å²) in [5.41, 5.74) is 4.25. The zero-order valence-electron chi connectivity index (χ0n) is 7.93. The second-order valence-electron chi connectivity index (χ2n) is 3.44. The largest absolute Gasteiger partial charge is 0.385 e. The second kappa shape index (κ2) is 4.26. The molecule has 0 radical (unpaired) electrons. The minimum Gasteiger partial charge on any atom is -0.385 e. The van der Waals surface area contributed by atoms with E-state index in [1.807, 2.05) is 0 Å². The molecule has 0 spiro atoms. The van der Waals surface area contributed by atoms with E-state index in [4.69, 9.17) is 17.3 Å². The summed E-state index contributed by atoms with van der Waals surface area (Å²) in [6.45, 7) is 1.81. The molecule has 1 rings (SSSR count). The lowest BCUT2D eigenvalue weighted by molar-refractivity contribution is 0.0467. The van der Waals surface area contributed by atoms with Crippen molar-refractivity contribution in [3.05, 3.63) is 34.6 Å². The summed E-state index contributed by atoms with van der Waals surface area (Å²) in [5, 5.41) is 10.3. The van der Waals surface area contributed by atoms with Crippen LogP contribution in [0.3, 0.4) is 0 Å². The molecule has 78 valence electrons. The molecule has 1 unspecified atom stereocenters. The fourth-order valence-electron chi connectivity index (χ4n) is 1.33. The van der Waals surface area contributed by atoms with E-state index in [0.717, 1.165) is 0 Å². The topological polar surface area (TPSA) is 46.2 Å². The summed E-state index contributed by atoms with van der Waals surface area (Å²) < 4.78 is 13.3. The highest BCUT2D eigenvalue weighted by molar-refractivity contribution is 6.30. The van der Waals surface area contributed by atoms with Crippen LogP contribution in [-0.4, -0.2) is 11.7 Å². The highest BCUT2D eigenvalue weighted by Crippen LogP contribution is 2.28. The average molecular weight is 218 g/mol. The van der Waals surface area contributed by atoms with Crippen molar-refractivity contribution in [2.45, 2.75) is 18.9 Å². The smallest absolute Gasteiger partial charge is 0.129 e. The molecule has 0 saturated carbocycles. The maximum Gasteiger partial charge on any atom is 0.129 e. The Bertz CT molecular complexity index is 328. The summed E-state index contributed by atoms with van der Waals surface area (Å²) in [6, 6.07) is 4.11. The highest BCUT2D eigenvalue weighted by Gasteiger charge is 2.25. The molecule has 0 aromatic heterocycles. The van der Waals surface area contributed by atoms with Crippen molar-refractivity contribution < 1.29 is 9.50 Å². The molecule has 0 heterocycles. The Balaban J connectivity index is 3.10. The van der Waals surface area contributed by atoms with Crippen molar-refractivity contribution in [3.8, 4) is 0 Å². The van der Waals surface area contributed by atoms with Crippen molar-refractivity contribution in [1.82, 2.24) is 0 Å². The molecule has 1 atom stereocenters. The third-order valence-electron chi connectivity index (χ3n) is 2.14. The molecule has 4 heteroatoms. The van der Waals surface area contributed by atoms with Gasteiger partial charge in [0.1, 0.15) is 5.82 Å². The Hall–Kier alpha value is -0.640. The van der Waals surface area contributed by atoms with Gasteiger partial charge >= 0.3 is 0 Å². The molecule has 0 fully saturated rings. The van der Waals surface area contributed by atoms with Crippen molar-refractivity contribution >= 4 is 11.6 Å². The van der Waals surface area contributed by atoms with Crippen LogP contribution in [-0.2, 0) is 5.60 Å². The van der Waals surface area contributed by atoms with E-state index in [9.17, 15) is 9.50 Å². The van der Waals surface area contributed by atoms with Crippen LogP contribution in [0.5, 0.6) is 0 Å². The molecular formula is C10H13ClFNO. The summed E-state index contributed by atoms with van der Waals surface area (Å²) in [5.74, 6) is -0.465. The van der Waals surface area contributed by atoms with Crippen molar-refractivity contribution in [2.24, 2.45) is 5.73 Å². The van der Waals surface area contributed by atoms with Crippen LogP contribution < -0.4 is 5.73 Å². The van der Waals surface area contributed by atoms with Crippen LogP contribution in [0, 0.1) is 5.82 Å². The molecule has 0 bridgehead atoms. The molecular weight excluding hydrogens is 205 g/mol. The molecule has 0 aliphatic carbocycles. The molecule has 3 N–H and O–H groups in total. The van der Waals surface area contributed by atoms with Crippen molar-refractivity contribution in [3.63, 3.8) is 0 Å². The average Bonchev–Trinajstić information content (AvgIpc) is 2.09. The van der Waals surface area contributed by atoms with Crippen molar-refractivity contribution in [2.75, 3.05) is 6.54 Å². The monoisotopic (exact) mass is 217 g/mol. The Morgan fingerprint density at radius 1 is 1.57 bits per heavy atom. The van der Waals surface area contributed by atoms with Gasteiger partial charge in [-0.1, -0.05) is 11.6 Å². The minimum absolute atomic E-state index is 0.190. The van der Waals surface area contributed by atoms with E-state index in [1.165, 1.54) is 25.1 Å². The summed E-state index contributed by atoms with van der Waals surface area (Å²) >= 11 is 5.71. The van der Waals surface area contributed by atoms with E-state index < -0.39 is 11.4 Å². The van der Waals surface area contributed by atoms with Gasteiger partial charge in [-0.2, -0.15) is 0 Å². The lowest BCUT2D eigenvalue weighted by Crippen LogP contribution is -2.26. The van der Waals surface area contributed by atoms with Gasteiger partial charge in [0.15, 0.2) is 0 Å². The van der Waals surface area contributed by atoms with Gasteiger partial charge in [-0.25, -0.2) is 4.39 Å². The van der Waals surface area contributed by atoms with E-state index in [1.54, 1.807) is 0 Å².